The van der Waals surface area contributed by atoms with Crippen LogP contribution in [-0.4, -0.2) is 17.9 Å². The van der Waals surface area contributed by atoms with Gasteiger partial charge in [-0.1, -0.05) is 54.6 Å². The molecular weight excluding hydrogens is 416 g/mol. The van der Waals surface area contributed by atoms with E-state index in [2.05, 4.69) is 4.98 Å². The number of ether oxygens (including phenoxy) is 1. The molecule has 3 aromatic carbocycles. The third-order valence-corrected chi connectivity index (χ3v) is 4.57. The number of aromatic nitrogens is 2. The lowest BCUT2D eigenvalue weighted by molar-refractivity contribution is -0.686. The van der Waals surface area contributed by atoms with E-state index >= 15 is 0 Å². The van der Waals surface area contributed by atoms with Crippen molar-refractivity contribution in [2.45, 2.75) is 6.54 Å². The molecular formula is C23H19BrN2O2. The summed E-state index contributed by atoms with van der Waals surface area (Å²) in [6.45, 7) is 0.243. The van der Waals surface area contributed by atoms with Crippen molar-refractivity contribution < 1.29 is 31.1 Å². The Balaban J connectivity index is 0.00000225. The fraction of sp³-hybridized carbons (Fsp3) is 0.0870. The fourth-order valence-corrected chi connectivity index (χ4v) is 3.21. The van der Waals surface area contributed by atoms with Crippen LogP contribution in [0.4, 0.5) is 0 Å². The normalized spacial score (nSPS) is 10.3. The summed E-state index contributed by atoms with van der Waals surface area (Å²) in [5.41, 5.74) is 2.46. The van der Waals surface area contributed by atoms with Crippen LogP contribution < -0.4 is 26.3 Å². The Morgan fingerprint density at radius 2 is 1.71 bits per heavy atom. The predicted molar refractivity (Wildman–Crippen MR) is 105 cm³/mol. The number of methoxy groups -OCH3 is 1. The van der Waals surface area contributed by atoms with Crippen molar-refractivity contribution in [1.29, 1.82) is 0 Å². The predicted octanol–water partition coefficient (Wildman–Crippen LogP) is 1.08. The molecule has 4 aromatic rings. The number of fused-ring (bicyclic) bond motifs is 1. The average molecular weight is 435 g/mol. The first-order valence-electron chi connectivity index (χ1n) is 8.76. The average Bonchev–Trinajstić information content (AvgIpc) is 2.74. The number of hydrogen-bond acceptors (Lipinski definition) is 3. The van der Waals surface area contributed by atoms with Gasteiger partial charge in [-0.2, -0.15) is 0 Å². The molecule has 0 radical (unpaired) electrons. The monoisotopic (exact) mass is 434 g/mol. The van der Waals surface area contributed by atoms with Crippen LogP contribution in [0.25, 0.3) is 22.0 Å². The van der Waals surface area contributed by atoms with Crippen LogP contribution in [0.1, 0.15) is 10.4 Å². The van der Waals surface area contributed by atoms with Gasteiger partial charge < -0.3 is 21.7 Å². The van der Waals surface area contributed by atoms with Gasteiger partial charge in [0.25, 0.3) is 6.33 Å². The van der Waals surface area contributed by atoms with Crippen LogP contribution >= 0.6 is 0 Å². The summed E-state index contributed by atoms with van der Waals surface area (Å²) >= 11 is 0. The fourth-order valence-electron chi connectivity index (χ4n) is 3.21. The van der Waals surface area contributed by atoms with Gasteiger partial charge in [0.05, 0.1) is 18.9 Å². The van der Waals surface area contributed by atoms with Crippen LogP contribution in [0.5, 0.6) is 5.75 Å². The topological polar surface area (TPSA) is 43.1 Å². The van der Waals surface area contributed by atoms with E-state index in [1.54, 1.807) is 18.0 Å². The van der Waals surface area contributed by atoms with Crippen LogP contribution in [0.3, 0.4) is 0 Å². The van der Waals surface area contributed by atoms with Crippen molar-refractivity contribution in [3.05, 3.63) is 90.9 Å². The second-order valence-electron chi connectivity index (χ2n) is 6.27. The third kappa shape index (κ3) is 3.94. The largest absolute Gasteiger partial charge is 1.00 e. The molecule has 140 valence electrons. The van der Waals surface area contributed by atoms with E-state index in [4.69, 9.17) is 4.74 Å². The molecule has 0 fully saturated rings. The van der Waals surface area contributed by atoms with Crippen LogP contribution in [0, 0.1) is 0 Å². The van der Waals surface area contributed by atoms with Crippen molar-refractivity contribution in [3.63, 3.8) is 0 Å². The van der Waals surface area contributed by atoms with Gasteiger partial charge in [0, 0.05) is 11.6 Å². The Labute approximate surface area is 174 Å². The SMILES string of the molecule is COc1ccccc1-c1cc[n+](CC(=O)c2cccc3ccccc23)cn1.[Br-]. The first kappa shape index (κ1) is 19.7. The Hall–Kier alpha value is -3.05. The second kappa shape index (κ2) is 8.76. The quantitative estimate of drug-likeness (QED) is 0.348. The minimum atomic E-state index is 0. The lowest BCUT2D eigenvalue weighted by Gasteiger charge is -2.06. The van der Waals surface area contributed by atoms with Crippen molar-refractivity contribution in [1.82, 2.24) is 4.98 Å². The summed E-state index contributed by atoms with van der Waals surface area (Å²) in [4.78, 5) is 17.3. The molecule has 0 aliphatic carbocycles. The zero-order valence-corrected chi connectivity index (χ0v) is 17.0. The molecule has 0 saturated carbocycles. The molecule has 4 rings (SSSR count). The Bertz CT molecular complexity index is 1110. The molecule has 0 bridgehead atoms. The highest BCUT2D eigenvalue weighted by Gasteiger charge is 2.15. The number of halogens is 1. The minimum absolute atomic E-state index is 0. The molecule has 0 spiro atoms. The van der Waals surface area contributed by atoms with Crippen molar-refractivity contribution >= 4 is 16.6 Å². The van der Waals surface area contributed by atoms with Gasteiger partial charge in [-0.3, -0.25) is 4.79 Å². The van der Waals surface area contributed by atoms with E-state index in [-0.39, 0.29) is 29.3 Å². The molecule has 0 amide bonds. The highest BCUT2D eigenvalue weighted by atomic mass is 79.9. The molecule has 28 heavy (non-hydrogen) atoms. The van der Waals surface area contributed by atoms with Gasteiger partial charge in [0.1, 0.15) is 5.75 Å². The number of ketones is 1. The smallest absolute Gasteiger partial charge is 0.287 e. The molecule has 0 aliphatic rings. The first-order valence-corrected chi connectivity index (χ1v) is 8.76. The van der Waals surface area contributed by atoms with E-state index in [9.17, 15) is 4.79 Å². The highest BCUT2D eigenvalue weighted by molar-refractivity contribution is 6.07. The molecule has 1 heterocycles. The lowest BCUT2D eigenvalue weighted by Crippen LogP contribution is -3.00. The van der Waals surface area contributed by atoms with Gasteiger partial charge in [0.15, 0.2) is 12.2 Å². The Morgan fingerprint density at radius 3 is 2.50 bits per heavy atom. The molecule has 0 saturated heterocycles. The third-order valence-electron chi connectivity index (χ3n) is 4.57. The van der Waals surface area contributed by atoms with Crippen LogP contribution in [-0.2, 0) is 6.54 Å². The number of Topliss-reactive ketones (excluding diaryl/α,β-unsaturated/α-hetero) is 1. The van der Waals surface area contributed by atoms with E-state index in [1.165, 1.54) is 0 Å². The van der Waals surface area contributed by atoms with Gasteiger partial charge in [-0.05, 0) is 27.9 Å². The zero-order valence-electron chi connectivity index (χ0n) is 15.4. The molecule has 0 atom stereocenters. The summed E-state index contributed by atoms with van der Waals surface area (Å²) in [6, 6.07) is 23.4. The first-order chi connectivity index (χ1) is 13.3. The zero-order chi connectivity index (χ0) is 18.6. The number of hydrogen-bond donors (Lipinski definition) is 0. The Kier molecular flexibility index (Phi) is 6.16. The number of nitrogens with zero attached hydrogens (tertiary/aromatic N) is 2. The van der Waals surface area contributed by atoms with Gasteiger partial charge in [-0.25, -0.2) is 4.57 Å². The molecule has 0 unspecified atom stereocenters. The number of para-hydroxylation sites is 1. The van der Waals surface area contributed by atoms with E-state index in [0.29, 0.717) is 0 Å². The second-order valence-corrected chi connectivity index (χ2v) is 6.27. The number of carbonyl (C=O) groups excluding carboxylic acids is 1. The summed E-state index contributed by atoms with van der Waals surface area (Å²) in [5, 5.41) is 2.04. The summed E-state index contributed by atoms with van der Waals surface area (Å²) in [7, 11) is 1.64. The van der Waals surface area contributed by atoms with Crippen molar-refractivity contribution in [2.75, 3.05) is 7.11 Å². The molecule has 5 heteroatoms. The maximum atomic E-state index is 12.8. The highest BCUT2D eigenvalue weighted by Crippen LogP contribution is 2.27. The number of rotatable bonds is 5. The number of carbonyl (C=O) groups is 1. The minimum Gasteiger partial charge on any atom is -1.00 e. The molecule has 1 aromatic heterocycles. The Morgan fingerprint density at radius 1 is 0.964 bits per heavy atom. The summed E-state index contributed by atoms with van der Waals surface area (Å²) in [6.07, 6.45) is 3.56. The maximum Gasteiger partial charge on any atom is 0.287 e. The van der Waals surface area contributed by atoms with Gasteiger partial charge in [0.2, 0.25) is 5.78 Å². The van der Waals surface area contributed by atoms with Gasteiger partial charge >= 0.3 is 0 Å². The van der Waals surface area contributed by atoms with E-state index < -0.39 is 0 Å². The van der Waals surface area contributed by atoms with Crippen molar-refractivity contribution in [2.24, 2.45) is 0 Å². The molecule has 4 nitrogen and oxygen atoms in total. The van der Waals surface area contributed by atoms with Crippen LogP contribution in [0.15, 0.2) is 85.3 Å². The summed E-state index contributed by atoms with van der Waals surface area (Å²) in [5.74, 6) is 0.832. The molecule has 0 aliphatic heterocycles. The summed E-state index contributed by atoms with van der Waals surface area (Å²) < 4.78 is 7.19. The van der Waals surface area contributed by atoms with Crippen LogP contribution in [0.2, 0.25) is 0 Å². The van der Waals surface area contributed by atoms with E-state index in [0.717, 1.165) is 33.3 Å². The lowest BCUT2D eigenvalue weighted by atomic mass is 10.0. The number of benzene rings is 3. The van der Waals surface area contributed by atoms with Gasteiger partial charge in [-0.15, -0.1) is 0 Å². The molecule has 0 N–H and O–H groups in total. The maximum absolute atomic E-state index is 12.8. The van der Waals surface area contributed by atoms with Crippen molar-refractivity contribution in [3.8, 4) is 17.0 Å². The standard InChI is InChI=1S/C23H19N2O2.BrH/c1-27-23-12-5-4-10-20(23)21-13-14-25(16-24-21)15-22(26)19-11-6-8-17-7-2-3-9-18(17)19;/h2-14,16H,15H2,1H3;1H/q+1;/p-1. The van der Waals surface area contributed by atoms with E-state index in [1.807, 2.05) is 79.0 Å².